The zero-order valence-electron chi connectivity index (χ0n) is 12.0. The summed E-state index contributed by atoms with van der Waals surface area (Å²) < 4.78 is 5.41. The third-order valence-electron chi connectivity index (χ3n) is 3.52. The number of H-pyrrole nitrogens is 1. The van der Waals surface area contributed by atoms with E-state index >= 15 is 0 Å². The van der Waals surface area contributed by atoms with Crippen LogP contribution in [-0.4, -0.2) is 48.2 Å². The first-order chi connectivity index (χ1) is 9.81. The van der Waals surface area contributed by atoms with E-state index in [0.717, 1.165) is 31.6 Å². The monoisotopic (exact) mass is 280 g/mol. The average Bonchev–Trinajstić information content (AvgIpc) is 3.12. The van der Waals surface area contributed by atoms with Crippen LogP contribution in [0.2, 0.25) is 0 Å². The Morgan fingerprint density at radius 2 is 2.40 bits per heavy atom. The van der Waals surface area contributed by atoms with Crippen LogP contribution in [0.15, 0.2) is 12.4 Å². The Bertz CT molecular complexity index is 394. The third-order valence-corrected chi connectivity index (χ3v) is 3.52. The van der Waals surface area contributed by atoms with Gasteiger partial charge in [0.2, 0.25) is 5.91 Å². The maximum absolute atomic E-state index is 12.1. The molecule has 1 aromatic rings. The van der Waals surface area contributed by atoms with E-state index in [2.05, 4.69) is 27.5 Å². The highest BCUT2D eigenvalue weighted by Crippen LogP contribution is 2.13. The van der Waals surface area contributed by atoms with Gasteiger partial charge in [-0.2, -0.15) is 0 Å². The molecule has 0 aromatic carbocycles. The molecule has 0 radical (unpaired) electrons. The van der Waals surface area contributed by atoms with Gasteiger partial charge in [0, 0.05) is 31.4 Å². The van der Waals surface area contributed by atoms with Crippen LogP contribution in [0.25, 0.3) is 0 Å². The number of carbonyl (C=O) groups is 1. The second kappa shape index (κ2) is 8.01. The summed E-state index contributed by atoms with van der Waals surface area (Å²) in [5.41, 5.74) is 0. The molecule has 3 N–H and O–H groups in total. The van der Waals surface area contributed by atoms with Gasteiger partial charge < -0.3 is 20.4 Å². The topological polar surface area (TPSA) is 79.0 Å². The maximum Gasteiger partial charge on any atom is 0.227 e. The molecule has 0 saturated carbocycles. The van der Waals surface area contributed by atoms with Crippen molar-refractivity contribution < 1.29 is 9.53 Å². The zero-order valence-corrected chi connectivity index (χ0v) is 12.0. The van der Waals surface area contributed by atoms with Crippen molar-refractivity contribution in [1.29, 1.82) is 0 Å². The highest BCUT2D eigenvalue weighted by atomic mass is 16.5. The molecule has 2 rings (SSSR count). The van der Waals surface area contributed by atoms with Gasteiger partial charge in [-0.3, -0.25) is 4.79 Å². The molecule has 0 aliphatic carbocycles. The van der Waals surface area contributed by atoms with Crippen LogP contribution in [0.1, 0.15) is 25.6 Å². The zero-order chi connectivity index (χ0) is 14.2. The Hall–Kier alpha value is -1.40. The molecular weight excluding hydrogens is 256 g/mol. The molecule has 2 unspecified atom stereocenters. The quantitative estimate of drug-likeness (QED) is 0.605. The number of ether oxygens (including phenoxy) is 1. The van der Waals surface area contributed by atoms with Crippen molar-refractivity contribution in [3.63, 3.8) is 0 Å². The van der Waals surface area contributed by atoms with Crippen LogP contribution >= 0.6 is 0 Å². The van der Waals surface area contributed by atoms with Crippen molar-refractivity contribution in [2.24, 2.45) is 5.92 Å². The lowest BCUT2D eigenvalue weighted by molar-refractivity contribution is -0.125. The fraction of sp³-hybridized carbons (Fsp3) is 0.714. The largest absolute Gasteiger partial charge is 0.379 e. The highest BCUT2D eigenvalue weighted by molar-refractivity contribution is 5.79. The molecule has 20 heavy (non-hydrogen) atoms. The molecule has 112 valence electrons. The maximum atomic E-state index is 12.1. The molecule has 1 aliphatic rings. The lowest BCUT2D eigenvalue weighted by atomic mass is 10.0. The highest BCUT2D eigenvalue weighted by Gasteiger charge is 2.33. The molecule has 6 nitrogen and oxygen atoms in total. The standard InChI is InChI=1S/C14H24N4O2/c1-2-5-15-12-10-20-9-11(12)14(19)18-6-3-4-13-16-7-8-17-13/h7-8,11-12,15H,2-6,9-10H2,1H3,(H,16,17)(H,18,19). The van der Waals surface area contributed by atoms with E-state index in [4.69, 9.17) is 4.74 Å². The molecule has 1 fully saturated rings. The van der Waals surface area contributed by atoms with Gasteiger partial charge in [-0.05, 0) is 19.4 Å². The molecule has 6 heteroatoms. The molecule has 1 aromatic heterocycles. The van der Waals surface area contributed by atoms with Gasteiger partial charge in [-0.15, -0.1) is 0 Å². The summed E-state index contributed by atoms with van der Waals surface area (Å²) >= 11 is 0. The summed E-state index contributed by atoms with van der Waals surface area (Å²) in [6.45, 7) is 4.87. The predicted molar refractivity (Wildman–Crippen MR) is 76.3 cm³/mol. The number of aryl methyl sites for hydroxylation is 1. The van der Waals surface area contributed by atoms with E-state index in [-0.39, 0.29) is 17.9 Å². The number of nitrogens with zero attached hydrogens (tertiary/aromatic N) is 1. The SMILES string of the molecule is CCCNC1COCC1C(=O)NCCCc1ncc[nH]1. The van der Waals surface area contributed by atoms with Crippen molar-refractivity contribution in [3.8, 4) is 0 Å². The Morgan fingerprint density at radius 3 is 3.15 bits per heavy atom. The molecule has 1 amide bonds. The van der Waals surface area contributed by atoms with Gasteiger partial charge in [0.05, 0.1) is 19.1 Å². The number of nitrogens with one attached hydrogen (secondary N) is 3. The number of aromatic nitrogens is 2. The minimum Gasteiger partial charge on any atom is -0.379 e. The normalized spacial score (nSPS) is 22.1. The molecule has 1 saturated heterocycles. The Labute approximate surface area is 119 Å². The number of hydrogen-bond donors (Lipinski definition) is 3. The second-order valence-electron chi connectivity index (χ2n) is 5.14. The third kappa shape index (κ3) is 4.31. The number of hydrogen-bond acceptors (Lipinski definition) is 4. The Morgan fingerprint density at radius 1 is 1.50 bits per heavy atom. The smallest absolute Gasteiger partial charge is 0.227 e. The summed E-state index contributed by atoms with van der Waals surface area (Å²) in [6, 6.07) is 0.153. The Balaban J connectivity index is 1.65. The van der Waals surface area contributed by atoms with E-state index in [1.54, 1.807) is 6.20 Å². The van der Waals surface area contributed by atoms with Crippen LogP contribution in [0, 0.1) is 5.92 Å². The lowest BCUT2D eigenvalue weighted by Gasteiger charge is -2.18. The van der Waals surface area contributed by atoms with Gasteiger partial charge in [-0.1, -0.05) is 6.92 Å². The minimum atomic E-state index is -0.0647. The second-order valence-corrected chi connectivity index (χ2v) is 5.14. The van der Waals surface area contributed by atoms with Crippen LogP contribution < -0.4 is 10.6 Å². The number of carbonyl (C=O) groups excluding carboxylic acids is 1. The van der Waals surface area contributed by atoms with Crippen molar-refractivity contribution in [2.45, 2.75) is 32.2 Å². The summed E-state index contributed by atoms with van der Waals surface area (Å²) in [4.78, 5) is 19.3. The lowest BCUT2D eigenvalue weighted by Crippen LogP contribution is -2.44. The van der Waals surface area contributed by atoms with Crippen molar-refractivity contribution >= 4 is 5.91 Å². The first-order valence-electron chi connectivity index (χ1n) is 7.38. The van der Waals surface area contributed by atoms with Crippen molar-refractivity contribution in [1.82, 2.24) is 20.6 Å². The molecular formula is C14H24N4O2. The fourth-order valence-corrected chi connectivity index (χ4v) is 2.38. The minimum absolute atomic E-state index is 0.0647. The van der Waals surface area contributed by atoms with E-state index < -0.39 is 0 Å². The molecule has 0 bridgehead atoms. The summed E-state index contributed by atoms with van der Waals surface area (Å²) in [5.74, 6) is 0.992. The van der Waals surface area contributed by atoms with E-state index in [1.807, 2.05) is 6.20 Å². The summed E-state index contributed by atoms with van der Waals surface area (Å²) in [6.07, 6.45) is 6.36. The first kappa shape index (κ1) is 15.0. The first-order valence-corrected chi connectivity index (χ1v) is 7.38. The van der Waals surface area contributed by atoms with Crippen LogP contribution in [-0.2, 0) is 16.0 Å². The van der Waals surface area contributed by atoms with Gasteiger partial charge in [-0.25, -0.2) is 4.98 Å². The molecule has 2 atom stereocenters. The average molecular weight is 280 g/mol. The van der Waals surface area contributed by atoms with Crippen LogP contribution in [0.5, 0.6) is 0 Å². The number of imidazole rings is 1. The van der Waals surface area contributed by atoms with E-state index in [9.17, 15) is 4.79 Å². The van der Waals surface area contributed by atoms with E-state index in [0.29, 0.717) is 19.8 Å². The van der Waals surface area contributed by atoms with Gasteiger partial charge in [0.15, 0.2) is 0 Å². The van der Waals surface area contributed by atoms with Crippen molar-refractivity contribution in [2.75, 3.05) is 26.3 Å². The van der Waals surface area contributed by atoms with E-state index in [1.165, 1.54) is 0 Å². The van der Waals surface area contributed by atoms with Gasteiger partial charge in [0.25, 0.3) is 0 Å². The number of rotatable bonds is 8. The van der Waals surface area contributed by atoms with Gasteiger partial charge in [0.1, 0.15) is 5.82 Å². The Kier molecular flexibility index (Phi) is 6.01. The number of amides is 1. The summed E-state index contributed by atoms with van der Waals surface area (Å²) in [5, 5.41) is 6.37. The van der Waals surface area contributed by atoms with Crippen molar-refractivity contribution in [3.05, 3.63) is 18.2 Å². The molecule has 0 spiro atoms. The fourth-order valence-electron chi connectivity index (χ4n) is 2.38. The number of aromatic amines is 1. The molecule has 1 aliphatic heterocycles. The summed E-state index contributed by atoms with van der Waals surface area (Å²) in [7, 11) is 0. The van der Waals surface area contributed by atoms with Crippen LogP contribution in [0.4, 0.5) is 0 Å². The predicted octanol–water partition coefficient (Wildman–Crippen LogP) is 0.473. The van der Waals surface area contributed by atoms with Crippen LogP contribution in [0.3, 0.4) is 0 Å². The molecule has 2 heterocycles. The van der Waals surface area contributed by atoms with Gasteiger partial charge >= 0.3 is 0 Å².